The minimum atomic E-state index is 0.0670. The number of H-pyrrole nitrogens is 1. The smallest absolute Gasteiger partial charge is 0.257 e. The van der Waals surface area contributed by atoms with E-state index in [2.05, 4.69) is 11.9 Å². The number of aryl methyl sites for hydroxylation is 1. The number of aromatic nitrogens is 2. The van der Waals surface area contributed by atoms with Crippen molar-refractivity contribution in [2.75, 3.05) is 0 Å². The van der Waals surface area contributed by atoms with Crippen LogP contribution in [-0.2, 0) is 13.0 Å². The van der Waals surface area contributed by atoms with Crippen LogP contribution in [-0.4, -0.2) is 9.55 Å². The summed E-state index contributed by atoms with van der Waals surface area (Å²) in [5, 5.41) is 0. The van der Waals surface area contributed by atoms with Crippen molar-refractivity contribution in [3.63, 3.8) is 0 Å². The monoisotopic (exact) mass is 226 g/mol. The van der Waals surface area contributed by atoms with E-state index in [1.165, 1.54) is 12.8 Å². The molecule has 0 radical (unpaired) electrons. The largest absolute Gasteiger partial charge is 0.338 e. The molecule has 0 amide bonds. The molecule has 1 aromatic rings. The minimum absolute atomic E-state index is 0.0670. The average Bonchev–Trinajstić information content (AvgIpc) is 2.22. The lowest BCUT2D eigenvalue weighted by Gasteiger charge is -2.05. The number of hydrogen-bond donors (Lipinski definition) is 1. The molecule has 0 saturated heterocycles. The van der Waals surface area contributed by atoms with Crippen LogP contribution in [0.25, 0.3) is 0 Å². The Hall–Kier alpha value is -0.900. The van der Waals surface area contributed by atoms with Gasteiger partial charge < -0.3 is 4.98 Å². The first-order chi connectivity index (χ1) is 7.20. The fraction of sp³-hybridized carbons (Fsp3) is 0.636. The average molecular weight is 226 g/mol. The van der Waals surface area contributed by atoms with Crippen molar-refractivity contribution in [2.24, 2.45) is 0 Å². The van der Waals surface area contributed by atoms with Gasteiger partial charge in [-0.1, -0.05) is 19.8 Å². The number of aromatic amines is 1. The highest BCUT2D eigenvalue weighted by atomic mass is 32.1. The Morgan fingerprint density at radius 2 is 2.13 bits per heavy atom. The van der Waals surface area contributed by atoms with Crippen molar-refractivity contribution in [1.29, 1.82) is 0 Å². The zero-order valence-corrected chi connectivity index (χ0v) is 10.2. The molecular formula is C11H18N2OS. The minimum Gasteiger partial charge on any atom is -0.338 e. The Kier molecular flexibility index (Phi) is 4.75. The number of nitrogens with one attached hydrogen (secondary N) is 1. The van der Waals surface area contributed by atoms with Gasteiger partial charge in [0.2, 0.25) is 0 Å². The molecule has 1 N–H and O–H groups in total. The van der Waals surface area contributed by atoms with E-state index in [9.17, 15) is 4.79 Å². The van der Waals surface area contributed by atoms with Gasteiger partial charge in [0.05, 0.1) is 0 Å². The second-order valence-corrected chi connectivity index (χ2v) is 4.01. The lowest BCUT2D eigenvalue weighted by molar-refractivity contribution is 0.659. The molecule has 0 aromatic carbocycles. The van der Waals surface area contributed by atoms with Gasteiger partial charge in [0.15, 0.2) is 4.77 Å². The van der Waals surface area contributed by atoms with Crippen LogP contribution in [0.1, 0.15) is 38.7 Å². The fourth-order valence-electron chi connectivity index (χ4n) is 1.59. The summed E-state index contributed by atoms with van der Waals surface area (Å²) in [6, 6.07) is 0. The molecule has 0 aliphatic heterocycles. The van der Waals surface area contributed by atoms with Crippen molar-refractivity contribution in [1.82, 2.24) is 9.55 Å². The van der Waals surface area contributed by atoms with Crippen LogP contribution in [0, 0.1) is 4.77 Å². The molecule has 84 valence electrons. The van der Waals surface area contributed by atoms with Gasteiger partial charge in [-0.25, -0.2) is 0 Å². The SMILES string of the molecule is CCCCCc1c[nH]c(=S)n(CC)c1=O. The van der Waals surface area contributed by atoms with Crippen LogP contribution in [0.5, 0.6) is 0 Å². The standard InChI is InChI=1S/C11H18N2OS/c1-3-5-6-7-9-8-12-11(15)13(4-2)10(9)14/h8H,3-7H2,1-2H3,(H,12,15). The van der Waals surface area contributed by atoms with E-state index in [1.807, 2.05) is 6.92 Å². The van der Waals surface area contributed by atoms with Gasteiger partial charge >= 0.3 is 0 Å². The molecule has 0 bridgehead atoms. The molecule has 0 unspecified atom stereocenters. The molecule has 0 saturated carbocycles. The van der Waals surface area contributed by atoms with Crippen LogP contribution in [0.3, 0.4) is 0 Å². The highest BCUT2D eigenvalue weighted by Gasteiger charge is 2.03. The number of nitrogens with zero attached hydrogens (tertiary/aromatic N) is 1. The maximum absolute atomic E-state index is 11.9. The summed E-state index contributed by atoms with van der Waals surface area (Å²) < 4.78 is 2.12. The summed E-state index contributed by atoms with van der Waals surface area (Å²) in [7, 11) is 0. The third-order valence-corrected chi connectivity index (χ3v) is 2.84. The third kappa shape index (κ3) is 3.02. The predicted octanol–water partition coefficient (Wildman–Crippen LogP) is 2.66. The molecule has 1 rings (SSSR count). The van der Waals surface area contributed by atoms with E-state index < -0.39 is 0 Å². The van der Waals surface area contributed by atoms with E-state index >= 15 is 0 Å². The van der Waals surface area contributed by atoms with Crippen molar-refractivity contribution in [2.45, 2.75) is 46.1 Å². The van der Waals surface area contributed by atoms with Crippen LogP contribution in [0.2, 0.25) is 0 Å². The molecule has 0 fully saturated rings. The van der Waals surface area contributed by atoms with Gasteiger partial charge in [-0.3, -0.25) is 9.36 Å². The highest BCUT2D eigenvalue weighted by Crippen LogP contribution is 2.01. The Labute approximate surface area is 95.2 Å². The van der Waals surface area contributed by atoms with Gasteiger partial charge in [-0.15, -0.1) is 0 Å². The van der Waals surface area contributed by atoms with E-state index in [0.29, 0.717) is 11.3 Å². The van der Waals surface area contributed by atoms with Gasteiger partial charge in [-0.2, -0.15) is 0 Å². The first-order valence-electron chi connectivity index (χ1n) is 5.52. The van der Waals surface area contributed by atoms with Crippen molar-refractivity contribution in [3.8, 4) is 0 Å². The maximum atomic E-state index is 11.9. The van der Waals surface area contributed by atoms with Gasteiger partial charge in [0, 0.05) is 18.3 Å². The number of rotatable bonds is 5. The Morgan fingerprint density at radius 1 is 1.40 bits per heavy atom. The lowest BCUT2D eigenvalue weighted by atomic mass is 10.1. The summed E-state index contributed by atoms with van der Waals surface area (Å²) >= 11 is 5.04. The molecule has 0 atom stereocenters. The van der Waals surface area contributed by atoms with Crippen molar-refractivity contribution >= 4 is 12.2 Å². The topological polar surface area (TPSA) is 37.8 Å². The van der Waals surface area contributed by atoms with Gasteiger partial charge in [0.25, 0.3) is 5.56 Å². The van der Waals surface area contributed by atoms with Crippen molar-refractivity contribution in [3.05, 3.63) is 26.9 Å². The predicted molar refractivity (Wildman–Crippen MR) is 64.8 cm³/mol. The molecule has 4 heteroatoms. The highest BCUT2D eigenvalue weighted by molar-refractivity contribution is 7.71. The first kappa shape index (κ1) is 12.2. The second-order valence-electron chi connectivity index (χ2n) is 3.63. The van der Waals surface area contributed by atoms with E-state index in [4.69, 9.17) is 12.2 Å². The second kappa shape index (κ2) is 5.85. The first-order valence-corrected chi connectivity index (χ1v) is 5.93. The zero-order chi connectivity index (χ0) is 11.3. The van der Waals surface area contributed by atoms with Gasteiger partial charge in [0.1, 0.15) is 0 Å². The lowest BCUT2D eigenvalue weighted by Crippen LogP contribution is -2.24. The summed E-state index contributed by atoms with van der Waals surface area (Å²) in [5.41, 5.74) is 0.913. The molecule has 15 heavy (non-hydrogen) atoms. The summed E-state index contributed by atoms with van der Waals surface area (Å²) in [6.45, 7) is 4.72. The number of hydrogen-bond acceptors (Lipinski definition) is 2. The zero-order valence-electron chi connectivity index (χ0n) is 9.38. The normalized spacial score (nSPS) is 10.5. The molecule has 0 aliphatic rings. The Bertz CT molecular complexity index is 419. The molecule has 1 aromatic heterocycles. The van der Waals surface area contributed by atoms with E-state index in [-0.39, 0.29) is 5.56 Å². The molecule has 0 spiro atoms. The van der Waals surface area contributed by atoms with Crippen molar-refractivity contribution < 1.29 is 0 Å². The van der Waals surface area contributed by atoms with Crippen LogP contribution >= 0.6 is 12.2 Å². The quantitative estimate of drug-likeness (QED) is 0.619. The van der Waals surface area contributed by atoms with Crippen LogP contribution in [0.15, 0.2) is 11.0 Å². The third-order valence-electron chi connectivity index (χ3n) is 2.50. The molecule has 1 heterocycles. The van der Waals surface area contributed by atoms with E-state index in [0.717, 1.165) is 18.4 Å². The summed E-state index contributed by atoms with van der Waals surface area (Å²) in [5.74, 6) is 0. The van der Waals surface area contributed by atoms with E-state index in [1.54, 1.807) is 10.8 Å². The molecule has 0 aliphatic carbocycles. The summed E-state index contributed by atoms with van der Waals surface area (Å²) in [6.07, 6.45) is 6.01. The van der Waals surface area contributed by atoms with Crippen LogP contribution in [0.4, 0.5) is 0 Å². The molecular weight excluding hydrogens is 208 g/mol. The number of unbranched alkanes of at least 4 members (excludes halogenated alkanes) is 2. The molecule has 3 nitrogen and oxygen atoms in total. The van der Waals surface area contributed by atoms with Gasteiger partial charge in [-0.05, 0) is 32.0 Å². The Morgan fingerprint density at radius 3 is 2.73 bits per heavy atom. The Balaban J connectivity index is 2.91. The van der Waals surface area contributed by atoms with Crippen LogP contribution < -0.4 is 5.56 Å². The summed E-state index contributed by atoms with van der Waals surface area (Å²) in [4.78, 5) is 14.9. The fourth-order valence-corrected chi connectivity index (χ4v) is 1.86. The maximum Gasteiger partial charge on any atom is 0.257 e.